The van der Waals surface area contributed by atoms with Crippen molar-refractivity contribution in [2.45, 2.75) is 12.8 Å². The number of hydrogen-bond donors (Lipinski definition) is 0. The van der Waals surface area contributed by atoms with E-state index in [1.807, 2.05) is 37.2 Å². The first-order valence-electron chi connectivity index (χ1n) is 7.43. The highest BCUT2D eigenvalue weighted by Crippen LogP contribution is 2.31. The van der Waals surface area contributed by atoms with Gasteiger partial charge in [0.05, 0.1) is 19.1 Å². The van der Waals surface area contributed by atoms with Gasteiger partial charge in [0, 0.05) is 26.7 Å². The van der Waals surface area contributed by atoms with Gasteiger partial charge in [-0.2, -0.15) is 0 Å². The molecule has 5 nitrogen and oxygen atoms in total. The van der Waals surface area contributed by atoms with Crippen LogP contribution in [-0.2, 0) is 0 Å². The predicted octanol–water partition coefficient (Wildman–Crippen LogP) is 2.39. The lowest BCUT2D eigenvalue weighted by Gasteiger charge is -2.16. The minimum atomic E-state index is 0.691. The molecular formula is C16H25N3O2. The fraction of sp³-hybridized carbons (Fsp3) is 0.562. The number of aliphatic imine (C=N–C) groups is 1. The van der Waals surface area contributed by atoms with E-state index >= 15 is 0 Å². The topological polar surface area (TPSA) is 37.3 Å². The van der Waals surface area contributed by atoms with Crippen molar-refractivity contribution >= 4 is 12.0 Å². The molecule has 0 atom stereocenters. The Balaban J connectivity index is 1.92. The van der Waals surface area contributed by atoms with Gasteiger partial charge >= 0.3 is 0 Å². The molecule has 0 spiro atoms. The van der Waals surface area contributed by atoms with Crippen molar-refractivity contribution in [2.75, 3.05) is 47.4 Å². The molecule has 1 aromatic rings. The SMILES string of the molecule is COc1cc(/N=C\N(C)C)ccc1OCCN1CCCC1. The van der Waals surface area contributed by atoms with Crippen molar-refractivity contribution in [3.05, 3.63) is 18.2 Å². The molecule has 0 saturated carbocycles. The first-order valence-corrected chi connectivity index (χ1v) is 7.43. The van der Waals surface area contributed by atoms with Crippen LogP contribution in [-0.4, -0.2) is 63.6 Å². The van der Waals surface area contributed by atoms with Crippen LogP contribution in [0.1, 0.15) is 12.8 Å². The van der Waals surface area contributed by atoms with Gasteiger partial charge in [-0.15, -0.1) is 0 Å². The Kier molecular flexibility index (Phi) is 5.87. The lowest BCUT2D eigenvalue weighted by Crippen LogP contribution is -2.25. The standard InChI is InChI=1S/C16H25N3O2/c1-18(2)13-17-14-6-7-15(16(12-14)20-3)21-11-10-19-8-4-5-9-19/h6-7,12-13H,4-5,8-11H2,1-3H3/b17-13-. The Morgan fingerprint density at radius 3 is 2.67 bits per heavy atom. The van der Waals surface area contributed by atoms with E-state index in [2.05, 4.69) is 9.89 Å². The Hall–Kier alpha value is -1.75. The van der Waals surface area contributed by atoms with Gasteiger partial charge in [0.25, 0.3) is 0 Å². The van der Waals surface area contributed by atoms with E-state index in [0.717, 1.165) is 23.7 Å². The average molecular weight is 291 g/mol. The quantitative estimate of drug-likeness (QED) is 0.571. The van der Waals surface area contributed by atoms with Crippen LogP contribution in [0.15, 0.2) is 23.2 Å². The minimum Gasteiger partial charge on any atom is -0.493 e. The van der Waals surface area contributed by atoms with E-state index in [9.17, 15) is 0 Å². The Bertz CT molecular complexity index is 469. The molecule has 2 rings (SSSR count). The van der Waals surface area contributed by atoms with Crippen LogP contribution in [0.3, 0.4) is 0 Å². The highest BCUT2D eigenvalue weighted by molar-refractivity contribution is 5.62. The van der Waals surface area contributed by atoms with Gasteiger partial charge in [0.1, 0.15) is 6.61 Å². The van der Waals surface area contributed by atoms with Gasteiger partial charge in [0.2, 0.25) is 0 Å². The van der Waals surface area contributed by atoms with E-state index in [0.29, 0.717) is 6.61 Å². The molecule has 1 heterocycles. The number of benzene rings is 1. The first-order chi connectivity index (χ1) is 10.2. The lowest BCUT2D eigenvalue weighted by molar-refractivity contribution is 0.230. The van der Waals surface area contributed by atoms with Crippen LogP contribution in [0.5, 0.6) is 11.5 Å². The summed E-state index contributed by atoms with van der Waals surface area (Å²) in [7, 11) is 5.54. The maximum Gasteiger partial charge on any atom is 0.162 e. The van der Waals surface area contributed by atoms with Gasteiger partial charge in [-0.05, 0) is 38.1 Å². The third-order valence-electron chi connectivity index (χ3n) is 3.45. The normalized spacial score (nSPS) is 15.6. The summed E-state index contributed by atoms with van der Waals surface area (Å²) in [6.45, 7) is 4.05. The molecule has 0 aliphatic carbocycles. The molecule has 0 bridgehead atoms. The molecule has 1 aliphatic heterocycles. The number of ether oxygens (including phenoxy) is 2. The molecule has 0 unspecified atom stereocenters. The molecule has 0 radical (unpaired) electrons. The molecule has 1 aromatic carbocycles. The molecule has 116 valence electrons. The van der Waals surface area contributed by atoms with Crippen molar-refractivity contribution in [2.24, 2.45) is 4.99 Å². The summed E-state index contributed by atoms with van der Waals surface area (Å²) in [5.74, 6) is 1.50. The van der Waals surface area contributed by atoms with Crippen molar-refractivity contribution in [3.8, 4) is 11.5 Å². The monoisotopic (exact) mass is 291 g/mol. The largest absolute Gasteiger partial charge is 0.493 e. The number of rotatable bonds is 7. The molecular weight excluding hydrogens is 266 g/mol. The van der Waals surface area contributed by atoms with Crippen LogP contribution >= 0.6 is 0 Å². The molecule has 0 N–H and O–H groups in total. The van der Waals surface area contributed by atoms with Crippen LogP contribution in [0.4, 0.5) is 5.69 Å². The summed E-state index contributed by atoms with van der Waals surface area (Å²) in [6, 6.07) is 5.75. The average Bonchev–Trinajstić information content (AvgIpc) is 2.99. The zero-order valence-corrected chi connectivity index (χ0v) is 13.2. The number of nitrogens with zero attached hydrogens (tertiary/aromatic N) is 3. The summed E-state index contributed by atoms with van der Waals surface area (Å²) in [5.41, 5.74) is 0.854. The summed E-state index contributed by atoms with van der Waals surface area (Å²) in [4.78, 5) is 8.68. The van der Waals surface area contributed by atoms with Gasteiger partial charge < -0.3 is 14.4 Å². The summed E-state index contributed by atoms with van der Waals surface area (Å²) in [6.07, 6.45) is 4.38. The third kappa shape index (κ3) is 4.93. The second kappa shape index (κ2) is 7.88. The van der Waals surface area contributed by atoms with Gasteiger partial charge in [-0.3, -0.25) is 4.90 Å². The van der Waals surface area contributed by atoms with Gasteiger partial charge in [-0.1, -0.05) is 0 Å². The second-order valence-corrected chi connectivity index (χ2v) is 5.44. The van der Waals surface area contributed by atoms with E-state index < -0.39 is 0 Å². The molecule has 21 heavy (non-hydrogen) atoms. The number of likely N-dealkylation sites (tertiary alicyclic amines) is 1. The van der Waals surface area contributed by atoms with E-state index in [-0.39, 0.29) is 0 Å². The van der Waals surface area contributed by atoms with Crippen LogP contribution in [0, 0.1) is 0 Å². The number of methoxy groups -OCH3 is 1. The molecule has 1 aliphatic rings. The van der Waals surface area contributed by atoms with E-state index in [4.69, 9.17) is 9.47 Å². The fourth-order valence-corrected chi connectivity index (χ4v) is 2.33. The maximum atomic E-state index is 5.84. The Morgan fingerprint density at radius 2 is 2.00 bits per heavy atom. The fourth-order valence-electron chi connectivity index (χ4n) is 2.33. The highest BCUT2D eigenvalue weighted by Gasteiger charge is 2.11. The van der Waals surface area contributed by atoms with Gasteiger partial charge in [-0.25, -0.2) is 4.99 Å². The minimum absolute atomic E-state index is 0.691. The number of hydrogen-bond acceptors (Lipinski definition) is 4. The van der Waals surface area contributed by atoms with Gasteiger partial charge in [0.15, 0.2) is 11.5 Å². The van der Waals surface area contributed by atoms with Crippen molar-refractivity contribution in [3.63, 3.8) is 0 Å². The molecule has 1 fully saturated rings. The van der Waals surface area contributed by atoms with Crippen LogP contribution < -0.4 is 9.47 Å². The molecule has 1 saturated heterocycles. The molecule has 0 aromatic heterocycles. The molecule has 0 amide bonds. The Morgan fingerprint density at radius 1 is 1.24 bits per heavy atom. The molecule has 5 heteroatoms. The zero-order chi connectivity index (χ0) is 15.1. The maximum absolute atomic E-state index is 5.84. The van der Waals surface area contributed by atoms with Crippen LogP contribution in [0.25, 0.3) is 0 Å². The van der Waals surface area contributed by atoms with Crippen molar-refractivity contribution in [1.82, 2.24) is 9.80 Å². The van der Waals surface area contributed by atoms with Crippen LogP contribution in [0.2, 0.25) is 0 Å². The summed E-state index contributed by atoms with van der Waals surface area (Å²) in [5, 5.41) is 0. The third-order valence-corrected chi connectivity index (χ3v) is 3.45. The first kappa shape index (κ1) is 15.6. The lowest BCUT2D eigenvalue weighted by atomic mass is 10.3. The Labute approximate surface area is 127 Å². The van der Waals surface area contributed by atoms with Crippen molar-refractivity contribution < 1.29 is 9.47 Å². The summed E-state index contributed by atoms with van der Waals surface area (Å²) < 4.78 is 11.2. The smallest absolute Gasteiger partial charge is 0.162 e. The summed E-state index contributed by atoms with van der Waals surface area (Å²) >= 11 is 0. The van der Waals surface area contributed by atoms with Crippen molar-refractivity contribution in [1.29, 1.82) is 0 Å². The highest BCUT2D eigenvalue weighted by atomic mass is 16.5. The zero-order valence-electron chi connectivity index (χ0n) is 13.2. The van der Waals surface area contributed by atoms with E-state index in [1.54, 1.807) is 13.4 Å². The second-order valence-electron chi connectivity index (χ2n) is 5.44. The predicted molar refractivity (Wildman–Crippen MR) is 86.0 cm³/mol. The van der Waals surface area contributed by atoms with E-state index in [1.165, 1.54) is 25.9 Å².